The minimum absolute atomic E-state index is 0.221. The van der Waals surface area contributed by atoms with E-state index in [-0.39, 0.29) is 4.90 Å². The number of carbonyl (C=O) groups is 1. The largest absolute Gasteiger partial charge is 0.468 e. The fraction of sp³-hybridized carbons (Fsp3) is 0.500. The number of hydrogen-bond acceptors (Lipinski definition) is 4. The summed E-state index contributed by atoms with van der Waals surface area (Å²) in [6.07, 6.45) is 2.11. The Balaban J connectivity index is 2.35. The first-order chi connectivity index (χ1) is 9.46. The van der Waals surface area contributed by atoms with E-state index in [0.29, 0.717) is 13.0 Å². The van der Waals surface area contributed by atoms with E-state index in [1.54, 1.807) is 24.3 Å². The van der Waals surface area contributed by atoms with Gasteiger partial charge in [-0.05, 0) is 38.3 Å². The van der Waals surface area contributed by atoms with Crippen molar-refractivity contribution in [3.05, 3.63) is 29.8 Å². The summed E-state index contributed by atoms with van der Waals surface area (Å²) in [5.74, 6) is -0.486. The molecule has 0 aliphatic carbocycles. The van der Waals surface area contributed by atoms with Gasteiger partial charge >= 0.3 is 5.97 Å². The van der Waals surface area contributed by atoms with E-state index >= 15 is 0 Å². The molecule has 2 rings (SSSR count). The molecule has 6 heteroatoms. The van der Waals surface area contributed by atoms with Crippen LogP contribution in [0.15, 0.2) is 29.2 Å². The highest BCUT2D eigenvalue weighted by molar-refractivity contribution is 7.89. The lowest BCUT2D eigenvalue weighted by Crippen LogP contribution is -2.48. The van der Waals surface area contributed by atoms with Crippen LogP contribution in [0, 0.1) is 6.92 Å². The highest BCUT2D eigenvalue weighted by Crippen LogP contribution is 2.26. The third kappa shape index (κ3) is 2.86. The van der Waals surface area contributed by atoms with E-state index in [1.165, 1.54) is 11.4 Å². The van der Waals surface area contributed by atoms with Crippen molar-refractivity contribution in [1.29, 1.82) is 0 Å². The Morgan fingerprint density at radius 3 is 2.50 bits per heavy atom. The predicted octanol–water partition coefficient (Wildman–Crippen LogP) is 1.71. The molecule has 0 aromatic heterocycles. The highest BCUT2D eigenvalue weighted by atomic mass is 32.2. The molecule has 1 aromatic carbocycles. The van der Waals surface area contributed by atoms with Crippen LogP contribution in [-0.2, 0) is 19.6 Å². The average Bonchev–Trinajstić information content (AvgIpc) is 2.47. The molecule has 0 unspecified atom stereocenters. The fourth-order valence-electron chi connectivity index (χ4n) is 2.41. The molecular formula is C14H19NO4S. The molecule has 0 bridgehead atoms. The van der Waals surface area contributed by atoms with Crippen molar-refractivity contribution in [1.82, 2.24) is 4.31 Å². The third-order valence-corrected chi connectivity index (χ3v) is 5.48. The molecule has 1 aliphatic rings. The average molecular weight is 297 g/mol. The van der Waals surface area contributed by atoms with Gasteiger partial charge in [-0.2, -0.15) is 4.31 Å². The number of rotatable bonds is 3. The number of esters is 1. The van der Waals surface area contributed by atoms with Crippen molar-refractivity contribution in [2.45, 2.75) is 37.1 Å². The molecule has 1 saturated heterocycles. The first-order valence-corrected chi connectivity index (χ1v) is 8.07. The maximum atomic E-state index is 12.6. The molecule has 110 valence electrons. The molecule has 1 atom stereocenters. The van der Waals surface area contributed by atoms with Crippen LogP contribution in [0.5, 0.6) is 0 Å². The lowest BCUT2D eigenvalue weighted by molar-refractivity contribution is -0.146. The summed E-state index contributed by atoms with van der Waals surface area (Å²) < 4.78 is 31.3. The summed E-state index contributed by atoms with van der Waals surface area (Å²) in [5, 5.41) is 0. The van der Waals surface area contributed by atoms with E-state index in [9.17, 15) is 13.2 Å². The first kappa shape index (κ1) is 15.0. The second-order valence-corrected chi connectivity index (χ2v) is 6.85. The lowest BCUT2D eigenvalue weighted by Gasteiger charge is -2.32. The summed E-state index contributed by atoms with van der Waals surface area (Å²) in [6.45, 7) is 2.25. The van der Waals surface area contributed by atoms with E-state index < -0.39 is 22.0 Å². The van der Waals surface area contributed by atoms with Crippen LogP contribution in [0.25, 0.3) is 0 Å². The zero-order chi connectivity index (χ0) is 14.8. The first-order valence-electron chi connectivity index (χ1n) is 6.63. The molecule has 0 spiro atoms. The van der Waals surface area contributed by atoms with Gasteiger partial charge in [-0.25, -0.2) is 8.42 Å². The highest BCUT2D eigenvalue weighted by Gasteiger charge is 2.38. The Morgan fingerprint density at radius 1 is 1.25 bits per heavy atom. The number of methoxy groups -OCH3 is 1. The van der Waals surface area contributed by atoms with Gasteiger partial charge in [-0.1, -0.05) is 17.7 Å². The summed E-state index contributed by atoms with van der Waals surface area (Å²) in [6, 6.07) is 5.95. The van der Waals surface area contributed by atoms with Crippen LogP contribution < -0.4 is 0 Å². The van der Waals surface area contributed by atoms with E-state index in [4.69, 9.17) is 4.74 Å². The van der Waals surface area contributed by atoms with Gasteiger partial charge in [0, 0.05) is 6.54 Å². The zero-order valence-electron chi connectivity index (χ0n) is 11.7. The van der Waals surface area contributed by atoms with E-state index in [0.717, 1.165) is 18.4 Å². The van der Waals surface area contributed by atoms with Crippen LogP contribution in [0.4, 0.5) is 0 Å². The summed E-state index contributed by atoms with van der Waals surface area (Å²) in [4.78, 5) is 12.0. The molecule has 0 amide bonds. The van der Waals surface area contributed by atoms with Gasteiger partial charge in [0.1, 0.15) is 6.04 Å². The molecule has 0 radical (unpaired) electrons. The predicted molar refractivity (Wildman–Crippen MR) is 74.7 cm³/mol. The molecule has 0 N–H and O–H groups in total. The maximum absolute atomic E-state index is 12.6. The Bertz CT molecular complexity index is 580. The van der Waals surface area contributed by atoms with Crippen molar-refractivity contribution in [2.24, 2.45) is 0 Å². The van der Waals surface area contributed by atoms with Gasteiger partial charge in [0.2, 0.25) is 10.0 Å². The number of ether oxygens (including phenoxy) is 1. The molecule has 1 heterocycles. The van der Waals surface area contributed by atoms with Crippen molar-refractivity contribution in [2.75, 3.05) is 13.7 Å². The van der Waals surface area contributed by atoms with Crippen LogP contribution in [0.1, 0.15) is 24.8 Å². The number of sulfonamides is 1. The smallest absolute Gasteiger partial charge is 0.324 e. The van der Waals surface area contributed by atoms with Crippen LogP contribution in [0.2, 0.25) is 0 Å². The molecule has 1 aliphatic heterocycles. The molecule has 5 nitrogen and oxygen atoms in total. The van der Waals surface area contributed by atoms with Crippen molar-refractivity contribution in [3.63, 3.8) is 0 Å². The minimum atomic E-state index is -3.65. The third-order valence-electron chi connectivity index (χ3n) is 3.55. The Kier molecular flexibility index (Phi) is 4.45. The quantitative estimate of drug-likeness (QED) is 0.797. The van der Waals surface area contributed by atoms with Gasteiger partial charge in [0.05, 0.1) is 12.0 Å². The Hall–Kier alpha value is -1.40. The monoisotopic (exact) mass is 297 g/mol. The van der Waals surface area contributed by atoms with Crippen molar-refractivity contribution >= 4 is 16.0 Å². The number of hydrogen-bond donors (Lipinski definition) is 0. The van der Waals surface area contributed by atoms with Gasteiger partial charge in [-0.15, -0.1) is 0 Å². The summed E-state index contributed by atoms with van der Waals surface area (Å²) >= 11 is 0. The molecule has 1 aromatic rings. The lowest BCUT2D eigenvalue weighted by atomic mass is 10.1. The second kappa shape index (κ2) is 5.93. The van der Waals surface area contributed by atoms with Crippen molar-refractivity contribution < 1.29 is 17.9 Å². The second-order valence-electron chi connectivity index (χ2n) is 4.96. The fourth-order valence-corrected chi connectivity index (χ4v) is 4.06. The Morgan fingerprint density at radius 2 is 1.90 bits per heavy atom. The van der Waals surface area contributed by atoms with Crippen LogP contribution in [-0.4, -0.2) is 38.4 Å². The van der Waals surface area contributed by atoms with Crippen molar-refractivity contribution in [3.8, 4) is 0 Å². The summed E-state index contributed by atoms with van der Waals surface area (Å²) in [5.41, 5.74) is 0.993. The van der Waals surface area contributed by atoms with E-state index in [2.05, 4.69) is 0 Å². The number of aryl methyl sites for hydroxylation is 1. The zero-order valence-corrected chi connectivity index (χ0v) is 12.5. The number of piperidine rings is 1. The van der Waals surface area contributed by atoms with Crippen LogP contribution >= 0.6 is 0 Å². The topological polar surface area (TPSA) is 63.7 Å². The number of carbonyl (C=O) groups excluding carboxylic acids is 1. The van der Waals surface area contributed by atoms with E-state index in [1.807, 2.05) is 6.92 Å². The standard InChI is InChI=1S/C14H19NO4S/c1-11-6-8-12(9-7-11)20(17,18)15-10-4-3-5-13(15)14(16)19-2/h6-9,13H,3-5,10H2,1-2H3/t13-/m1/s1. The summed E-state index contributed by atoms with van der Waals surface area (Å²) in [7, 11) is -2.37. The normalized spacial score (nSPS) is 20.6. The minimum Gasteiger partial charge on any atom is -0.468 e. The molecule has 1 fully saturated rings. The number of benzene rings is 1. The number of nitrogens with zero attached hydrogens (tertiary/aromatic N) is 1. The van der Waals surface area contributed by atoms with Gasteiger partial charge in [-0.3, -0.25) is 4.79 Å². The SMILES string of the molecule is COC(=O)[C@H]1CCCCN1S(=O)(=O)c1ccc(C)cc1. The van der Waals surface area contributed by atoms with Gasteiger partial charge < -0.3 is 4.74 Å². The van der Waals surface area contributed by atoms with Crippen LogP contribution in [0.3, 0.4) is 0 Å². The maximum Gasteiger partial charge on any atom is 0.324 e. The Labute approximate surface area is 119 Å². The molecular weight excluding hydrogens is 278 g/mol. The molecule has 0 saturated carbocycles. The molecule has 20 heavy (non-hydrogen) atoms. The van der Waals surface area contributed by atoms with Gasteiger partial charge in [0.15, 0.2) is 0 Å². The van der Waals surface area contributed by atoms with Gasteiger partial charge in [0.25, 0.3) is 0 Å².